The van der Waals surface area contributed by atoms with E-state index in [2.05, 4.69) is 29.3 Å². The first-order chi connectivity index (χ1) is 8.74. The van der Waals surface area contributed by atoms with Gasteiger partial charge < -0.3 is 14.6 Å². The van der Waals surface area contributed by atoms with E-state index in [1.165, 1.54) is 0 Å². The van der Waals surface area contributed by atoms with Crippen molar-refractivity contribution in [2.75, 3.05) is 19.7 Å². The summed E-state index contributed by atoms with van der Waals surface area (Å²) in [5.74, 6) is 2.05. The highest BCUT2D eigenvalue weighted by atomic mass is 16.5. The van der Waals surface area contributed by atoms with E-state index in [1.807, 2.05) is 0 Å². The molecular weight excluding hydrogens is 230 g/mol. The Balaban J connectivity index is 1.67. The summed E-state index contributed by atoms with van der Waals surface area (Å²) in [6, 6.07) is 0. The summed E-state index contributed by atoms with van der Waals surface area (Å²) >= 11 is 0. The van der Waals surface area contributed by atoms with Crippen LogP contribution >= 0.6 is 0 Å². The molecule has 0 aromatic carbocycles. The van der Waals surface area contributed by atoms with E-state index in [1.54, 1.807) is 0 Å². The SMILES string of the molecule is CC(C)Cc1nc(CCOC2CCNCC2)no1. The van der Waals surface area contributed by atoms with Gasteiger partial charge in [-0.15, -0.1) is 0 Å². The van der Waals surface area contributed by atoms with Crippen molar-refractivity contribution in [3.63, 3.8) is 0 Å². The van der Waals surface area contributed by atoms with Crippen molar-refractivity contribution in [1.29, 1.82) is 0 Å². The van der Waals surface area contributed by atoms with Crippen LogP contribution in [0.5, 0.6) is 0 Å². The number of rotatable bonds is 6. The number of hydrogen-bond acceptors (Lipinski definition) is 5. The second kappa shape index (κ2) is 6.85. The maximum absolute atomic E-state index is 5.82. The van der Waals surface area contributed by atoms with Gasteiger partial charge in [0.2, 0.25) is 5.89 Å². The molecule has 1 saturated heterocycles. The average molecular weight is 253 g/mol. The Kier molecular flexibility index (Phi) is 5.13. The zero-order valence-corrected chi connectivity index (χ0v) is 11.3. The lowest BCUT2D eigenvalue weighted by molar-refractivity contribution is 0.0340. The lowest BCUT2D eigenvalue weighted by Gasteiger charge is -2.22. The molecule has 2 heterocycles. The molecule has 0 aliphatic carbocycles. The molecule has 1 aliphatic heterocycles. The zero-order valence-electron chi connectivity index (χ0n) is 11.3. The molecule has 0 amide bonds. The van der Waals surface area contributed by atoms with E-state index >= 15 is 0 Å². The standard InChI is InChI=1S/C13H23N3O2/c1-10(2)9-13-15-12(16-18-13)5-8-17-11-3-6-14-7-4-11/h10-11,14H,3-9H2,1-2H3. The Labute approximate surface area is 108 Å². The molecule has 0 atom stereocenters. The van der Waals surface area contributed by atoms with Gasteiger partial charge in [0.1, 0.15) is 0 Å². The van der Waals surface area contributed by atoms with Crippen molar-refractivity contribution in [2.24, 2.45) is 5.92 Å². The van der Waals surface area contributed by atoms with E-state index in [-0.39, 0.29) is 0 Å². The van der Waals surface area contributed by atoms with Crippen LogP contribution in [0.25, 0.3) is 0 Å². The predicted octanol–water partition coefficient (Wildman–Crippen LogP) is 1.58. The third kappa shape index (κ3) is 4.38. The Morgan fingerprint density at radius 3 is 2.89 bits per heavy atom. The van der Waals surface area contributed by atoms with Gasteiger partial charge in [0, 0.05) is 12.8 Å². The molecule has 1 aromatic heterocycles. The molecule has 0 radical (unpaired) electrons. The average Bonchev–Trinajstić information content (AvgIpc) is 2.77. The van der Waals surface area contributed by atoms with E-state index in [0.29, 0.717) is 18.6 Å². The van der Waals surface area contributed by atoms with Crippen LogP contribution in [0.4, 0.5) is 0 Å². The summed E-state index contributed by atoms with van der Waals surface area (Å²) in [6.07, 6.45) is 4.19. The third-order valence-corrected chi connectivity index (χ3v) is 3.06. The van der Waals surface area contributed by atoms with Gasteiger partial charge in [0.05, 0.1) is 12.7 Å². The molecule has 5 nitrogen and oxygen atoms in total. The number of piperidine rings is 1. The van der Waals surface area contributed by atoms with Crippen LogP contribution < -0.4 is 5.32 Å². The van der Waals surface area contributed by atoms with Crippen LogP contribution in [0.2, 0.25) is 0 Å². The largest absolute Gasteiger partial charge is 0.378 e. The lowest BCUT2D eigenvalue weighted by Crippen LogP contribution is -2.32. The highest BCUT2D eigenvalue weighted by Crippen LogP contribution is 2.09. The molecule has 2 rings (SSSR count). The lowest BCUT2D eigenvalue weighted by atomic mass is 10.1. The van der Waals surface area contributed by atoms with Crippen molar-refractivity contribution >= 4 is 0 Å². The zero-order chi connectivity index (χ0) is 12.8. The normalized spacial score (nSPS) is 17.5. The fourth-order valence-electron chi connectivity index (χ4n) is 2.10. The van der Waals surface area contributed by atoms with Crippen molar-refractivity contribution in [1.82, 2.24) is 15.5 Å². The molecule has 18 heavy (non-hydrogen) atoms. The maximum atomic E-state index is 5.82. The van der Waals surface area contributed by atoms with Crippen LogP contribution in [0.1, 0.15) is 38.4 Å². The minimum absolute atomic E-state index is 0.397. The van der Waals surface area contributed by atoms with E-state index in [0.717, 1.165) is 50.5 Å². The monoisotopic (exact) mass is 253 g/mol. The summed E-state index contributed by atoms with van der Waals surface area (Å²) in [5, 5.41) is 7.30. The molecule has 5 heteroatoms. The first-order valence-electron chi connectivity index (χ1n) is 6.88. The molecule has 0 bridgehead atoms. The van der Waals surface area contributed by atoms with Crippen LogP contribution in [0, 0.1) is 5.92 Å². The highest BCUT2D eigenvalue weighted by molar-refractivity contribution is 4.87. The van der Waals surface area contributed by atoms with Crippen LogP contribution in [-0.4, -0.2) is 35.9 Å². The summed E-state index contributed by atoms with van der Waals surface area (Å²) in [4.78, 5) is 4.36. The van der Waals surface area contributed by atoms with Gasteiger partial charge in [-0.25, -0.2) is 0 Å². The molecule has 1 fully saturated rings. The minimum atomic E-state index is 0.397. The first kappa shape index (κ1) is 13.5. The second-order valence-corrected chi connectivity index (χ2v) is 5.27. The van der Waals surface area contributed by atoms with Gasteiger partial charge in [0.15, 0.2) is 5.82 Å². The number of hydrogen-bond donors (Lipinski definition) is 1. The number of ether oxygens (including phenoxy) is 1. The summed E-state index contributed by atoms with van der Waals surface area (Å²) in [6.45, 7) is 7.09. The summed E-state index contributed by atoms with van der Waals surface area (Å²) in [5.41, 5.74) is 0. The summed E-state index contributed by atoms with van der Waals surface area (Å²) in [7, 11) is 0. The van der Waals surface area contributed by atoms with Gasteiger partial charge in [0.25, 0.3) is 0 Å². The number of nitrogens with zero attached hydrogens (tertiary/aromatic N) is 2. The second-order valence-electron chi connectivity index (χ2n) is 5.27. The quantitative estimate of drug-likeness (QED) is 0.834. The van der Waals surface area contributed by atoms with E-state index in [4.69, 9.17) is 9.26 Å². The van der Waals surface area contributed by atoms with Gasteiger partial charge >= 0.3 is 0 Å². The van der Waals surface area contributed by atoms with Crippen molar-refractivity contribution in [3.8, 4) is 0 Å². The molecule has 0 spiro atoms. The fraction of sp³-hybridized carbons (Fsp3) is 0.846. The minimum Gasteiger partial charge on any atom is -0.378 e. The molecule has 102 valence electrons. The molecule has 1 N–H and O–H groups in total. The Morgan fingerprint density at radius 2 is 2.17 bits per heavy atom. The van der Waals surface area contributed by atoms with Crippen molar-refractivity contribution in [2.45, 2.75) is 45.6 Å². The predicted molar refractivity (Wildman–Crippen MR) is 68.4 cm³/mol. The Bertz CT molecular complexity index is 346. The summed E-state index contributed by atoms with van der Waals surface area (Å²) < 4.78 is 11.0. The Morgan fingerprint density at radius 1 is 1.39 bits per heavy atom. The molecule has 0 unspecified atom stereocenters. The highest BCUT2D eigenvalue weighted by Gasteiger charge is 2.14. The Hall–Kier alpha value is -0.940. The molecule has 1 aromatic rings. The van der Waals surface area contributed by atoms with Crippen LogP contribution in [-0.2, 0) is 17.6 Å². The van der Waals surface area contributed by atoms with E-state index < -0.39 is 0 Å². The fourth-order valence-corrected chi connectivity index (χ4v) is 2.10. The molecule has 1 aliphatic rings. The van der Waals surface area contributed by atoms with Gasteiger partial charge in [-0.05, 0) is 31.8 Å². The smallest absolute Gasteiger partial charge is 0.226 e. The van der Waals surface area contributed by atoms with Crippen molar-refractivity contribution < 1.29 is 9.26 Å². The van der Waals surface area contributed by atoms with Crippen LogP contribution in [0.3, 0.4) is 0 Å². The number of nitrogens with one attached hydrogen (secondary N) is 1. The number of aromatic nitrogens is 2. The molecule has 0 saturated carbocycles. The maximum Gasteiger partial charge on any atom is 0.226 e. The first-order valence-corrected chi connectivity index (χ1v) is 6.88. The third-order valence-electron chi connectivity index (χ3n) is 3.06. The van der Waals surface area contributed by atoms with E-state index in [9.17, 15) is 0 Å². The molecular formula is C13H23N3O2. The topological polar surface area (TPSA) is 60.2 Å². The van der Waals surface area contributed by atoms with Crippen molar-refractivity contribution in [3.05, 3.63) is 11.7 Å². The van der Waals surface area contributed by atoms with Gasteiger partial charge in [-0.1, -0.05) is 19.0 Å². The van der Waals surface area contributed by atoms with Crippen LogP contribution in [0.15, 0.2) is 4.52 Å². The van der Waals surface area contributed by atoms with Gasteiger partial charge in [-0.3, -0.25) is 0 Å². The van der Waals surface area contributed by atoms with Gasteiger partial charge in [-0.2, -0.15) is 4.98 Å².